The van der Waals surface area contributed by atoms with E-state index >= 15 is 0 Å². The minimum Gasteiger partial charge on any atom is -0.480 e. The summed E-state index contributed by atoms with van der Waals surface area (Å²) in [6.07, 6.45) is -1.69. The molecule has 7 heteroatoms. The van der Waals surface area contributed by atoms with Crippen molar-refractivity contribution in [1.29, 1.82) is 0 Å². The highest BCUT2D eigenvalue weighted by atomic mass is 16.5. The number of rotatable bonds is 7. The Morgan fingerprint density at radius 2 is 1.95 bits per heavy atom. The molecule has 110 valence electrons. The quantitative estimate of drug-likeness (QED) is 0.535. The second-order valence-corrected chi connectivity index (χ2v) is 4.18. The molecule has 1 rings (SSSR count). The van der Waals surface area contributed by atoms with Crippen LogP contribution in [0.3, 0.4) is 0 Å². The lowest BCUT2D eigenvalue weighted by molar-refractivity contribution is -0.139. The maximum absolute atomic E-state index is 11.5. The molecule has 0 fully saturated rings. The van der Waals surface area contributed by atoms with E-state index in [9.17, 15) is 9.59 Å². The van der Waals surface area contributed by atoms with Gasteiger partial charge in [0.15, 0.2) is 0 Å². The van der Waals surface area contributed by atoms with Crippen molar-refractivity contribution in [3.8, 4) is 0 Å². The Morgan fingerprint density at radius 1 is 1.30 bits per heavy atom. The van der Waals surface area contributed by atoms with Crippen LogP contribution in [0.4, 0.5) is 4.79 Å². The van der Waals surface area contributed by atoms with Gasteiger partial charge < -0.3 is 20.3 Å². The Morgan fingerprint density at radius 3 is 2.50 bits per heavy atom. The fourth-order valence-electron chi connectivity index (χ4n) is 1.40. The lowest BCUT2D eigenvalue weighted by Crippen LogP contribution is -2.48. The van der Waals surface area contributed by atoms with Crippen molar-refractivity contribution in [2.75, 3.05) is 6.54 Å². The van der Waals surface area contributed by atoms with Crippen LogP contribution in [0.25, 0.3) is 0 Å². The molecule has 4 N–H and O–H groups in total. The van der Waals surface area contributed by atoms with Gasteiger partial charge in [-0.2, -0.15) is 0 Å². The van der Waals surface area contributed by atoms with E-state index in [1.54, 1.807) is 12.1 Å². The number of nitrogens with one attached hydrogen (secondary N) is 2. The maximum Gasteiger partial charge on any atom is 0.408 e. The lowest BCUT2D eigenvalue weighted by atomic mass is 10.2. The number of hydrogen-bond donors (Lipinski definition) is 4. The highest BCUT2D eigenvalue weighted by Crippen LogP contribution is 2.00. The summed E-state index contributed by atoms with van der Waals surface area (Å²) in [5.74, 6) is -1.21. The molecular formula is C13H18N2O5. The number of hydrogen-bond acceptors (Lipinski definition) is 5. The summed E-state index contributed by atoms with van der Waals surface area (Å²) >= 11 is 0. The molecular weight excluding hydrogens is 264 g/mol. The molecule has 0 aromatic heterocycles. The molecule has 0 aliphatic rings. The molecule has 0 bridgehead atoms. The molecule has 0 aliphatic heterocycles. The van der Waals surface area contributed by atoms with Crippen molar-refractivity contribution >= 4 is 12.1 Å². The van der Waals surface area contributed by atoms with Gasteiger partial charge in [0.05, 0.1) is 0 Å². The Balaban J connectivity index is 2.40. The van der Waals surface area contributed by atoms with Crippen LogP contribution < -0.4 is 10.6 Å². The van der Waals surface area contributed by atoms with Crippen LogP contribution in [0.5, 0.6) is 0 Å². The number of alkyl carbamates (subject to hydrolysis) is 1. The molecule has 0 saturated carbocycles. The fourth-order valence-corrected chi connectivity index (χ4v) is 1.40. The third-order valence-electron chi connectivity index (χ3n) is 2.42. The zero-order valence-corrected chi connectivity index (χ0v) is 11.1. The third-order valence-corrected chi connectivity index (χ3v) is 2.42. The van der Waals surface area contributed by atoms with Crippen LogP contribution in [-0.4, -0.2) is 41.1 Å². The monoisotopic (exact) mass is 282 g/mol. The van der Waals surface area contributed by atoms with E-state index < -0.39 is 24.3 Å². The summed E-state index contributed by atoms with van der Waals surface area (Å²) in [6, 6.07) is 7.86. The van der Waals surface area contributed by atoms with Crippen molar-refractivity contribution in [3.63, 3.8) is 0 Å². The van der Waals surface area contributed by atoms with Crippen LogP contribution in [0.15, 0.2) is 30.3 Å². The molecule has 1 aromatic rings. The minimum absolute atomic E-state index is 0.0584. The van der Waals surface area contributed by atoms with Crippen LogP contribution in [0.2, 0.25) is 0 Å². The van der Waals surface area contributed by atoms with Gasteiger partial charge in [-0.05, 0) is 12.5 Å². The van der Waals surface area contributed by atoms with E-state index in [4.69, 9.17) is 14.9 Å². The van der Waals surface area contributed by atoms with Gasteiger partial charge in [-0.25, -0.2) is 9.59 Å². The van der Waals surface area contributed by atoms with Crippen LogP contribution in [0.1, 0.15) is 12.5 Å². The number of aliphatic hydroxyl groups excluding tert-OH is 1. The SMILES string of the molecule is C[C@H](O)NCC(NC(=O)OCc1ccccc1)C(=O)O. The van der Waals surface area contributed by atoms with E-state index in [-0.39, 0.29) is 13.2 Å². The van der Waals surface area contributed by atoms with Gasteiger partial charge in [-0.15, -0.1) is 0 Å². The van der Waals surface area contributed by atoms with E-state index in [2.05, 4.69) is 10.6 Å². The number of carboxylic acids is 1. The number of benzene rings is 1. The zero-order chi connectivity index (χ0) is 15.0. The largest absolute Gasteiger partial charge is 0.480 e. The van der Waals surface area contributed by atoms with Gasteiger partial charge in [-0.1, -0.05) is 30.3 Å². The summed E-state index contributed by atoms with van der Waals surface area (Å²) in [7, 11) is 0. The predicted molar refractivity (Wildman–Crippen MR) is 70.9 cm³/mol. The summed E-state index contributed by atoms with van der Waals surface area (Å²) < 4.78 is 4.91. The summed E-state index contributed by atoms with van der Waals surface area (Å²) in [4.78, 5) is 22.4. The predicted octanol–water partition coefficient (Wildman–Crippen LogP) is 0.294. The van der Waals surface area contributed by atoms with Crippen LogP contribution in [0, 0.1) is 0 Å². The van der Waals surface area contributed by atoms with E-state index in [1.165, 1.54) is 6.92 Å². The number of carbonyl (C=O) groups is 2. The lowest BCUT2D eigenvalue weighted by Gasteiger charge is -2.16. The van der Waals surface area contributed by atoms with Crippen LogP contribution >= 0.6 is 0 Å². The average Bonchev–Trinajstić information content (AvgIpc) is 2.41. The van der Waals surface area contributed by atoms with Crippen LogP contribution in [-0.2, 0) is 16.1 Å². The first-order valence-electron chi connectivity index (χ1n) is 6.10. The molecule has 7 nitrogen and oxygen atoms in total. The number of amides is 1. The van der Waals surface area contributed by atoms with Crippen molar-refractivity contribution in [2.24, 2.45) is 0 Å². The standard InChI is InChI=1S/C13H18N2O5/c1-9(16)14-7-11(12(17)18)15-13(19)20-8-10-5-3-2-4-6-10/h2-6,9,11,14,16H,7-8H2,1H3,(H,15,19)(H,17,18)/t9-,11?/m0/s1. The zero-order valence-electron chi connectivity index (χ0n) is 11.1. The minimum atomic E-state index is -1.21. The number of carboxylic acid groups (broad SMARTS) is 1. The van der Waals surface area contributed by atoms with Crippen molar-refractivity contribution in [2.45, 2.75) is 25.8 Å². The Kier molecular flexibility index (Phi) is 6.48. The van der Waals surface area contributed by atoms with E-state index in [1.807, 2.05) is 18.2 Å². The van der Waals surface area contributed by atoms with Gasteiger partial charge in [0, 0.05) is 6.54 Å². The third kappa shape index (κ3) is 6.17. The first kappa shape index (κ1) is 15.9. The Bertz CT molecular complexity index is 436. The molecule has 2 atom stereocenters. The number of carbonyl (C=O) groups excluding carboxylic acids is 1. The van der Waals surface area contributed by atoms with Crippen molar-refractivity contribution < 1.29 is 24.5 Å². The molecule has 0 heterocycles. The number of ether oxygens (including phenoxy) is 1. The molecule has 20 heavy (non-hydrogen) atoms. The summed E-state index contributed by atoms with van der Waals surface area (Å²) in [5, 5.41) is 22.7. The average molecular weight is 282 g/mol. The van der Waals surface area contributed by atoms with Crippen molar-refractivity contribution in [1.82, 2.24) is 10.6 Å². The highest BCUT2D eigenvalue weighted by Gasteiger charge is 2.20. The normalized spacial score (nSPS) is 13.3. The van der Waals surface area contributed by atoms with Gasteiger partial charge >= 0.3 is 12.1 Å². The Hall–Kier alpha value is -2.12. The molecule has 1 unspecified atom stereocenters. The maximum atomic E-state index is 11.5. The smallest absolute Gasteiger partial charge is 0.408 e. The van der Waals surface area contributed by atoms with E-state index in [0.717, 1.165) is 5.56 Å². The van der Waals surface area contributed by atoms with Gasteiger partial charge in [0.2, 0.25) is 0 Å². The first-order valence-corrected chi connectivity index (χ1v) is 6.10. The van der Waals surface area contributed by atoms with Gasteiger partial charge in [0.25, 0.3) is 0 Å². The first-order chi connectivity index (χ1) is 9.49. The molecule has 0 saturated heterocycles. The van der Waals surface area contributed by atoms with Gasteiger partial charge in [0.1, 0.15) is 18.9 Å². The Labute approximate surface area is 116 Å². The second kappa shape index (κ2) is 8.13. The van der Waals surface area contributed by atoms with Gasteiger partial charge in [-0.3, -0.25) is 5.32 Å². The molecule has 0 aliphatic carbocycles. The number of aliphatic hydroxyl groups is 1. The van der Waals surface area contributed by atoms with E-state index in [0.29, 0.717) is 0 Å². The van der Waals surface area contributed by atoms with Crippen molar-refractivity contribution in [3.05, 3.63) is 35.9 Å². The second-order valence-electron chi connectivity index (χ2n) is 4.18. The molecule has 1 amide bonds. The summed E-state index contributed by atoms with van der Waals surface area (Å²) in [5.41, 5.74) is 0.802. The fraction of sp³-hybridized carbons (Fsp3) is 0.385. The number of aliphatic carboxylic acids is 1. The molecule has 0 radical (unpaired) electrons. The molecule has 1 aromatic carbocycles. The topological polar surface area (TPSA) is 108 Å². The highest BCUT2D eigenvalue weighted by molar-refractivity contribution is 5.80. The molecule has 0 spiro atoms. The summed E-state index contributed by atoms with van der Waals surface area (Å²) in [6.45, 7) is 1.41.